The topological polar surface area (TPSA) is 87.5 Å². The zero-order valence-corrected chi connectivity index (χ0v) is 10.9. The number of benzene rings is 1. The molecule has 1 aromatic carbocycles. The highest BCUT2D eigenvalue weighted by Gasteiger charge is 2.14. The van der Waals surface area contributed by atoms with Crippen molar-refractivity contribution in [2.75, 3.05) is 21.3 Å². The number of hydroxylamine groups is 2. The molecule has 100 valence electrons. The number of amides is 1. The summed E-state index contributed by atoms with van der Waals surface area (Å²) >= 11 is 0. The van der Waals surface area contributed by atoms with Gasteiger partial charge >= 0.3 is 0 Å². The van der Waals surface area contributed by atoms with Crippen LogP contribution in [0.15, 0.2) is 35.1 Å². The van der Waals surface area contributed by atoms with Gasteiger partial charge in [0, 0.05) is 17.5 Å². The minimum Gasteiger partial charge on any atom is -0.496 e. The maximum absolute atomic E-state index is 11.9. The lowest BCUT2D eigenvalue weighted by atomic mass is 10.1. The van der Waals surface area contributed by atoms with Crippen LogP contribution in [0.25, 0.3) is 16.5 Å². The molecule has 0 saturated heterocycles. The van der Waals surface area contributed by atoms with E-state index in [9.17, 15) is 4.79 Å². The Morgan fingerprint density at radius 2 is 2.11 bits per heavy atom. The molecule has 0 unspecified atom stereocenters. The summed E-state index contributed by atoms with van der Waals surface area (Å²) in [6.07, 6.45) is 1.44. The molecule has 1 amide bonds. The molecule has 0 N–H and O–H groups in total. The Morgan fingerprint density at radius 1 is 1.42 bits per heavy atom. The van der Waals surface area contributed by atoms with Crippen molar-refractivity contribution in [3.63, 3.8) is 0 Å². The van der Waals surface area contributed by atoms with Crippen LogP contribution in [-0.2, 0) is 9.63 Å². The maximum Gasteiger partial charge on any atom is 0.279 e. The standard InChI is InChI=1S/C12H14N4O3/c1-16(19-3)12(17)10(14-15-13)8-9-6-4-5-7-11(9)18-2/h4-8H,1-3H3/b10-8-. The van der Waals surface area contributed by atoms with E-state index in [4.69, 9.17) is 15.1 Å². The number of rotatable bonds is 5. The monoisotopic (exact) mass is 262 g/mol. The highest BCUT2D eigenvalue weighted by atomic mass is 16.7. The highest BCUT2D eigenvalue weighted by Crippen LogP contribution is 2.21. The Balaban J connectivity index is 3.22. The normalized spacial score (nSPS) is 10.6. The predicted molar refractivity (Wildman–Crippen MR) is 69.9 cm³/mol. The fourth-order valence-electron chi connectivity index (χ4n) is 1.36. The molecule has 0 aliphatic carbocycles. The lowest BCUT2D eigenvalue weighted by molar-refractivity contribution is -0.163. The molecular weight excluding hydrogens is 248 g/mol. The lowest BCUT2D eigenvalue weighted by Crippen LogP contribution is -2.26. The van der Waals surface area contributed by atoms with Crippen molar-refractivity contribution in [3.8, 4) is 5.75 Å². The number of hydrogen-bond donors (Lipinski definition) is 0. The van der Waals surface area contributed by atoms with Gasteiger partial charge in [-0.15, -0.1) is 0 Å². The van der Waals surface area contributed by atoms with Crippen molar-refractivity contribution < 1.29 is 14.4 Å². The Hall–Kier alpha value is -2.50. The molecule has 0 bridgehead atoms. The molecule has 19 heavy (non-hydrogen) atoms. The molecule has 0 spiro atoms. The number of carbonyl (C=O) groups excluding carboxylic acids is 1. The third-order valence-electron chi connectivity index (χ3n) is 2.36. The first-order chi connectivity index (χ1) is 9.13. The minimum atomic E-state index is -0.550. The average molecular weight is 262 g/mol. The van der Waals surface area contributed by atoms with Crippen LogP contribution >= 0.6 is 0 Å². The van der Waals surface area contributed by atoms with Gasteiger partial charge in [-0.25, -0.2) is 5.06 Å². The zero-order valence-electron chi connectivity index (χ0n) is 10.9. The lowest BCUT2D eigenvalue weighted by Gasteiger charge is -2.13. The van der Waals surface area contributed by atoms with Crippen molar-refractivity contribution in [2.24, 2.45) is 5.11 Å². The van der Waals surface area contributed by atoms with E-state index in [0.29, 0.717) is 11.3 Å². The van der Waals surface area contributed by atoms with Gasteiger partial charge in [-0.3, -0.25) is 9.63 Å². The van der Waals surface area contributed by atoms with E-state index in [1.165, 1.54) is 27.3 Å². The average Bonchev–Trinajstić information content (AvgIpc) is 2.45. The zero-order chi connectivity index (χ0) is 14.3. The van der Waals surface area contributed by atoms with Crippen LogP contribution in [0.4, 0.5) is 0 Å². The number of methoxy groups -OCH3 is 1. The number of hydrogen-bond acceptors (Lipinski definition) is 4. The number of para-hydroxylation sites is 1. The second kappa shape index (κ2) is 7.05. The van der Waals surface area contributed by atoms with Crippen molar-refractivity contribution in [3.05, 3.63) is 46.0 Å². The van der Waals surface area contributed by atoms with Gasteiger partial charge in [-0.05, 0) is 17.7 Å². The number of ether oxygens (including phenoxy) is 1. The molecule has 0 aliphatic rings. The van der Waals surface area contributed by atoms with E-state index < -0.39 is 5.91 Å². The summed E-state index contributed by atoms with van der Waals surface area (Å²) < 4.78 is 5.16. The van der Waals surface area contributed by atoms with Gasteiger partial charge in [0.2, 0.25) is 0 Å². The second-order valence-electron chi connectivity index (χ2n) is 3.45. The summed E-state index contributed by atoms with van der Waals surface area (Å²) in [4.78, 5) is 19.3. The quantitative estimate of drug-likeness (QED) is 0.268. The van der Waals surface area contributed by atoms with E-state index in [1.54, 1.807) is 24.3 Å². The first-order valence-corrected chi connectivity index (χ1v) is 5.36. The van der Waals surface area contributed by atoms with Gasteiger partial charge in [0.05, 0.1) is 14.2 Å². The Labute approximate surface area is 110 Å². The Kier molecular flexibility index (Phi) is 5.40. The summed E-state index contributed by atoms with van der Waals surface area (Å²) in [5.74, 6) is 0.0206. The van der Waals surface area contributed by atoms with Crippen molar-refractivity contribution in [2.45, 2.75) is 0 Å². The van der Waals surface area contributed by atoms with Crippen LogP contribution in [0.3, 0.4) is 0 Å². The Morgan fingerprint density at radius 3 is 2.68 bits per heavy atom. The second-order valence-corrected chi connectivity index (χ2v) is 3.45. The van der Waals surface area contributed by atoms with Crippen LogP contribution in [-0.4, -0.2) is 32.2 Å². The molecule has 0 radical (unpaired) electrons. The van der Waals surface area contributed by atoms with Crippen molar-refractivity contribution >= 4 is 12.0 Å². The molecule has 7 heteroatoms. The number of carbonyl (C=O) groups is 1. The predicted octanol–water partition coefficient (Wildman–Crippen LogP) is 2.37. The van der Waals surface area contributed by atoms with Crippen LogP contribution in [0.2, 0.25) is 0 Å². The maximum atomic E-state index is 11.9. The van der Waals surface area contributed by atoms with E-state index in [0.717, 1.165) is 5.06 Å². The van der Waals surface area contributed by atoms with Gasteiger partial charge < -0.3 is 4.74 Å². The number of azide groups is 1. The smallest absolute Gasteiger partial charge is 0.279 e. The summed E-state index contributed by atoms with van der Waals surface area (Å²) in [5, 5.41) is 4.35. The van der Waals surface area contributed by atoms with Gasteiger partial charge in [-0.1, -0.05) is 23.3 Å². The number of likely N-dealkylation sites (N-methyl/N-ethyl adjacent to an activating group) is 1. The van der Waals surface area contributed by atoms with E-state index in [2.05, 4.69) is 10.0 Å². The van der Waals surface area contributed by atoms with Crippen LogP contribution in [0.5, 0.6) is 5.75 Å². The van der Waals surface area contributed by atoms with E-state index >= 15 is 0 Å². The summed E-state index contributed by atoms with van der Waals surface area (Å²) in [6, 6.07) is 7.06. The first-order valence-electron chi connectivity index (χ1n) is 5.36. The molecule has 0 heterocycles. The van der Waals surface area contributed by atoms with Crippen LogP contribution in [0, 0.1) is 0 Å². The highest BCUT2D eigenvalue weighted by molar-refractivity contribution is 5.97. The molecular formula is C12H14N4O3. The fourth-order valence-corrected chi connectivity index (χ4v) is 1.36. The number of nitrogens with zero attached hydrogens (tertiary/aromatic N) is 4. The first kappa shape index (κ1) is 14.6. The summed E-state index contributed by atoms with van der Waals surface area (Å²) in [6.45, 7) is 0. The largest absolute Gasteiger partial charge is 0.496 e. The molecule has 1 rings (SSSR count). The van der Waals surface area contributed by atoms with Gasteiger partial charge in [0.15, 0.2) is 0 Å². The van der Waals surface area contributed by atoms with Crippen LogP contribution in [0.1, 0.15) is 5.56 Å². The van der Waals surface area contributed by atoms with Crippen LogP contribution < -0.4 is 4.74 Å². The molecule has 7 nitrogen and oxygen atoms in total. The molecule has 0 aromatic heterocycles. The minimum absolute atomic E-state index is 0.0867. The molecule has 0 saturated carbocycles. The van der Waals surface area contributed by atoms with Crippen molar-refractivity contribution in [1.29, 1.82) is 0 Å². The summed E-state index contributed by atoms with van der Waals surface area (Å²) in [5.41, 5.74) is 9.06. The van der Waals surface area contributed by atoms with E-state index in [1.807, 2.05) is 0 Å². The molecule has 0 fully saturated rings. The Bertz CT molecular complexity index is 536. The van der Waals surface area contributed by atoms with Gasteiger partial charge in [0.25, 0.3) is 5.91 Å². The van der Waals surface area contributed by atoms with Gasteiger partial charge in [-0.2, -0.15) is 0 Å². The fraction of sp³-hybridized carbons (Fsp3) is 0.250. The van der Waals surface area contributed by atoms with Gasteiger partial charge in [0.1, 0.15) is 11.4 Å². The molecule has 0 atom stereocenters. The van der Waals surface area contributed by atoms with Crippen molar-refractivity contribution in [1.82, 2.24) is 5.06 Å². The third kappa shape index (κ3) is 3.74. The molecule has 1 aromatic rings. The third-order valence-corrected chi connectivity index (χ3v) is 2.36. The SMILES string of the molecule is COc1ccccc1/C=C(\N=[N+]=[N-])C(=O)N(C)OC. The molecule has 0 aliphatic heterocycles. The van der Waals surface area contributed by atoms with E-state index in [-0.39, 0.29) is 5.70 Å². The summed E-state index contributed by atoms with van der Waals surface area (Å²) in [7, 11) is 4.28.